The first kappa shape index (κ1) is 56.8. The average Bonchev–Trinajstić information content (AvgIpc) is 4.23. The Labute approximate surface area is 421 Å². The second kappa shape index (κ2) is 27.1. The largest absolute Gasteiger partial charge is 0.508 e. The molecule has 13 N–H and O–H groups in total. The number of nitrogens with two attached hydrogens (primary N) is 2. The van der Waals surface area contributed by atoms with Gasteiger partial charge in [0.25, 0.3) is 0 Å². The zero-order valence-electron chi connectivity index (χ0n) is 40.1. The van der Waals surface area contributed by atoms with E-state index in [-0.39, 0.29) is 76.2 Å². The van der Waals surface area contributed by atoms with Crippen molar-refractivity contribution in [3.63, 3.8) is 0 Å². The summed E-state index contributed by atoms with van der Waals surface area (Å²) in [6.45, 7) is -1.12. The summed E-state index contributed by atoms with van der Waals surface area (Å²) in [5, 5.41) is 51.6. The number of aliphatic hydroxyl groups is 2. The normalized spacial score (nSPS) is 21.8. The predicted octanol–water partition coefficient (Wildman–Crippen LogP) is -4.59. The third-order valence-electron chi connectivity index (χ3n) is 13.5. The molecular weight excluding hydrogens is 963 g/mol. The molecule has 26 heteroatoms. The molecule has 25 nitrogen and oxygen atoms in total. The number of phenols is 1. The number of nitrogens with zero attached hydrogens (tertiary/aromatic N) is 4. The van der Waals surface area contributed by atoms with E-state index in [4.69, 9.17) is 11.5 Å². The van der Waals surface area contributed by atoms with E-state index in [1.54, 1.807) is 12.1 Å². The van der Waals surface area contributed by atoms with Crippen LogP contribution in [0.1, 0.15) is 76.2 Å². The number of likely N-dealkylation sites (tertiary alicyclic amines) is 4. The van der Waals surface area contributed by atoms with E-state index >= 15 is 0 Å². The van der Waals surface area contributed by atoms with E-state index in [1.807, 2.05) is 0 Å². The highest BCUT2D eigenvalue weighted by Crippen LogP contribution is 2.26. The number of carboxylic acid groups (broad SMARTS) is 1. The van der Waals surface area contributed by atoms with Crippen molar-refractivity contribution in [3.8, 4) is 5.75 Å². The molecule has 0 bridgehead atoms. The van der Waals surface area contributed by atoms with Crippen molar-refractivity contribution >= 4 is 71.8 Å². The van der Waals surface area contributed by atoms with Crippen LogP contribution >= 0.6 is 12.6 Å². The Morgan fingerprint density at radius 1 is 0.625 bits per heavy atom. The number of nitrogens with one attached hydrogen (secondary N) is 5. The number of amides is 9. The van der Waals surface area contributed by atoms with E-state index in [0.717, 1.165) is 4.90 Å². The summed E-state index contributed by atoms with van der Waals surface area (Å²) in [5.74, 6) is -7.62. The average molecular weight is 1030 g/mol. The van der Waals surface area contributed by atoms with Crippen LogP contribution < -0.4 is 38.1 Å². The van der Waals surface area contributed by atoms with Crippen molar-refractivity contribution in [1.82, 2.24) is 46.2 Å². The van der Waals surface area contributed by atoms with Gasteiger partial charge in [-0.3, -0.25) is 43.2 Å². The summed E-state index contributed by atoms with van der Waals surface area (Å²) in [6.07, 6.45) is 3.66. The van der Waals surface area contributed by atoms with Gasteiger partial charge in [0, 0.05) is 38.4 Å². The summed E-state index contributed by atoms with van der Waals surface area (Å²) >= 11 is 4.32. The SMILES string of the molecule is NCCCC[C@H](NC(=O)[C@@H](N)CO)C(=O)N[C@@H](Cc1ccc(O)cc1)C(=O)NCC(=O)N1CCC[C@H]1C(=O)N1CCC[C@H]1C(=O)N[C@@H](CS)C(=O)N1CCC[C@H]1C(=O)N[C@@H](CO)C(=O)N1CCC[C@H]1C(=O)O. The van der Waals surface area contributed by atoms with Gasteiger partial charge in [0.05, 0.1) is 19.8 Å². The van der Waals surface area contributed by atoms with Gasteiger partial charge < -0.3 is 78.1 Å². The maximum absolute atomic E-state index is 14.2. The Hall–Kier alpha value is -6.09. The van der Waals surface area contributed by atoms with Gasteiger partial charge in [-0.1, -0.05) is 12.1 Å². The number of carbonyl (C=O) groups is 10. The van der Waals surface area contributed by atoms with E-state index in [2.05, 4.69) is 39.2 Å². The monoisotopic (exact) mass is 1030 g/mol. The number of hydrogen-bond acceptors (Lipinski definition) is 16. The van der Waals surface area contributed by atoms with Crippen LogP contribution in [-0.4, -0.2) is 212 Å². The van der Waals surface area contributed by atoms with Crippen LogP contribution in [0.3, 0.4) is 0 Å². The Morgan fingerprint density at radius 3 is 1.74 bits per heavy atom. The molecule has 4 saturated heterocycles. The van der Waals surface area contributed by atoms with Gasteiger partial charge in [-0.25, -0.2) is 4.79 Å². The lowest BCUT2D eigenvalue weighted by Gasteiger charge is -2.33. The topological polar surface area (TPSA) is 377 Å². The van der Waals surface area contributed by atoms with Crippen LogP contribution in [0.25, 0.3) is 0 Å². The van der Waals surface area contributed by atoms with E-state index in [0.29, 0.717) is 50.6 Å². The van der Waals surface area contributed by atoms with Crippen molar-refractivity contribution < 1.29 is 68.4 Å². The van der Waals surface area contributed by atoms with Gasteiger partial charge in [0.2, 0.25) is 53.2 Å². The second-order valence-electron chi connectivity index (χ2n) is 18.4. The Bertz CT molecular complexity index is 2140. The molecule has 9 atom stereocenters. The van der Waals surface area contributed by atoms with Gasteiger partial charge in [-0.15, -0.1) is 0 Å². The highest BCUT2D eigenvalue weighted by molar-refractivity contribution is 7.80. The van der Waals surface area contributed by atoms with Crippen molar-refractivity contribution in [1.29, 1.82) is 0 Å². The number of aliphatic hydroxyl groups excluding tert-OH is 2. The summed E-state index contributed by atoms with van der Waals surface area (Å²) in [7, 11) is 0. The van der Waals surface area contributed by atoms with Gasteiger partial charge in [-0.05, 0) is 94.9 Å². The third kappa shape index (κ3) is 14.5. The molecule has 9 amide bonds. The minimum Gasteiger partial charge on any atom is -0.508 e. The van der Waals surface area contributed by atoms with Crippen molar-refractivity contribution in [2.75, 3.05) is 58.2 Å². The molecule has 1 aromatic rings. The van der Waals surface area contributed by atoms with Gasteiger partial charge >= 0.3 is 5.97 Å². The van der Waals surface area contributed by atoms with Crippen molar-refractivity contribution in [2.24, 2.45) is 11.5 Å². The number of hydrogen-bond donors (Lipinski definition) is 12. The summed E-state index contributed by atoms with van der Waals surface area (Å²) in [4.78, 5) is 139. The molecule has 4 fully saturated rings. The van der Waals surface area contributed by atoms with Gasteiger partial charge in [-0.2, -0.15) is 12.6 Å². The fraction of sp³-hybridized carbons (Fsp3) is 0.652. The minimum atomic E-state index is -1.45. The molecule has 1 aromatic carbocycles. The van der Waals surface area contributed by atoms with Crippen LogP contribution in [0.5, 0.6) is 5.75 Å². The molecule has 72 heavy (non-hydrogen) atoms. The summed E-state index contributed by atoms with van der Waals surface area (Å²) in [5.41, 5.74) is 11.8. The van der Waals surface area contributed by atoms with Crippen LogP contribution in [0.15, 0.2) is 24.3 Å². The van der Waals surface area contributed by atoms with E-state index < -0.39 is 133 Å². The number of thiol groups is 1. The molecule has 0 aliphatic carbocycles. The maximum Gasteiger partial charge on any atom is 0.326 e. The Balaban J connectivity index is 1.20. The number of phenolic OH excluding ortho intramolecular Hbond substituents is 1. The van der Waals surface area contributed by atoms with E-state index in [1.165, 1.54) is 26.8 Å². The predicted molar refractivity (Wildman–Crippen MR) is 258 cm³/mol. The van der Waals surface area contributed by atoms with E-state index in [9.17, 15) is 68.4 Å². The summed E-state index contributed by atoms with van der Waals surface area (Å²) < 4.78 is 0. The molecule has 5 rings (SSSR count). The first-order valence-corrected chi connectivity index (χ1v) is 25.1. The van der Waals surface area contributed by atoms with Crippen LogP contribution in [0.4, 0.5) is 0 Å². The standard InChI is InChI=1S/C46H69N11O14S/c47-16-2-1-7-29(50-38(62)28(48)23-58)40(64)51-30(21-26-12-14-27(60)15-13-26)39(63)49-22-37(61)54-17-5-10-35(54)45(69)56-19-4-9-34(56)42(66)53-32(25-72)44(68)55-18-3-8-33(55)41(65)52-31(24-59)43(67)57-20-6-11-36(57)46(70)71/h12-15,28-36,58-60,72H,1-11,16-25,47-48H2,(H,49,63)(H,50,62)(H,51,64)(H,52,65)(H,53,66)(H,70,71)/t28-,29-,30-,31-,32-,33-,34-,35-,36-/m0/s1. The molecule has 4 aliphatic heterocycles. The lowest BCUT2D eigenvalue weighted by atomic mass is 10.0. The lowest BCUT2D eigenvalue weighted by Crippen LogP contribution is -2.60. The molecule has 398 valence electrons. The fourth-order valence-electron chi connectivity index (χ4n) is 9.57. The molecule has 0 spiro atoms. The number of benzene rings is 1. The number of rotatable bonds is 24. The van der Waals surface area contributed by atoms with Crippen LogP contribution in [-0.2, 0) is 54.4 Å². The number of unbranched alkanes of at least 4 members (excludes halogenated alkanes) is 1. The zero-order valence-corrected chi connectivity index (χ0v) is 41.0. The maximum atomic E-state index is 14.2. The minimum absolute atomic E-state index is 0.0381. The fourth-order valence-corrected chi connectivity index (χ4v) is 9.82. The van der Waals surface area contributed by atoms with Crippen molar-refractivity contribution in [2.45, 2.75) is 131 Å². The first-order valence-electron chi connectivity index (χ1n) is 24.4. The Morgan fingerprint density at radius 2 is 1.15 bits per heavy atom. The van der Waals surface area contributed by atoms with Crippen LogP contribution in [0, 0.1) is 0 Å². The first-order chi connectivity index (χ1) is 34.4. The molecule has 0 aromatic heterocycles. The molecule has 0 unspecified atom stereocenters. The molecule has 0 saturated carbocycles. The van der Waals surface area contributed by atoms with Gasteiger partial charge in [0.15, 0.2) is 0 Å². The van der Waals surface area contributed by atoms with Crippen molar-refractivity contribution in [3.05, 3.63) is 29.8 Å². The molecule has 4 aliphatic rings. The molecule has 0 radical (unpaired) electrons. The molecular formula is C46H69N11O14S. The lowest BCUT2D eigenvalue weighted by molar-refractivity contribution is -0.150. The Kier molecular flexibility index (Phi) is 21.4. The second-order valence-corrected chi connectivity index (χ2v) is 18.8. The molecule has 4 heterocycles. The summed E-state index contributed by atoms with van der Waals surface area (Å²) in [6, 6.07) is -4.73. The third-order valence-corrected chi connectivity index (χ3v) is 13.9. The zero-order chi connectivity index (χ0) is 52.6. The number of carbonyl (C=O) groups excluding carboxylic acids is 9. The number of aromatic hydroxyl groups is 1. The quantitative estimate of drug-likeness (QED) is 0.0343. The highest BCUT2D eigenvalue weighted by Gasteiger charge is 2.45. The highest BCUT2D eigenvalue weighted by atomic mass is 32.1. The van der Waals surface area contributed by atoms with Crippen LogP contribution in [0.2, 0.25) is 0 Å². The van der Waals surface area contributed by atoms with Gasteiger partial charge in [0.1, 0.15) is 60.1 Å². The number of aliphatic carboxylic acids is 1. The smallest absolute Gasteiger partial charge is 0.326 e. The number of carboxylic acids is 1.